The Bertz CT molecular complexity index is 1060. The number of hydrogen-bond donors (Lipinski definition) is 0. The maximum atomic E-state index is 13.4. The second-order valence-corrected chi connectivity index (χ2v) is 7.71. The summed E-state index contributed by atoms with van der Waals surface area (Å²) in [5.74, 6) is -0.176. The third-order valence-corrected chi connectivity index (χ3v) is 5.39. The Morgan fingerprint density at radius 3 is 2.71 bits per heavy atom. The molecule has 0 saturated heterocycles. The standard InChI is InChI=1S/C23H23ClFN3/c1-3-4-5-19-22(17-8-6-15(2)7-9-17)23-26-21(24)14-20(28(23)27-19)16-10-12-18(25)13-11-16/h6-10,12-14,16H,3-5,11H2,1-2H3. The number of hydrogen-bond acceptors (Lipinski definition) is 2. The molecule has 4 rings (SSSR count). The lowest BCUT2D eigenvalue weighted by molar-refractivity contribution is 0.635. The van der Waals surface area contributed by atoms with Crippen molar-refractivity contribution in [2.45, 2.75) is 45.4 Å². The molecule has 2 heterocycles. The Morgan fingerprint density at radius 2 is 2.04 bits per heavy atom. The number of benzene rings is 1. The number of fused-ring (bicyclic) bond motifs is 1. The monoisotopic (exact) mass is 395 g/mol. The van der Waals surface area contributed by atoms with Gasteiger partial charge in [0.05, 0.1) is 11.4 Å². The van der Waals surface area contributed by atoms with Gasteiger partial charge in [0.2, 0.25) is 0 Å². The van der Waals surface area contributed by atoms with Crippen molar-refractivity contribution in [2.75, 3.05) is 0 Å². The summed E-state index contributed by atoms with van der Waals surface area (Å²) < 4.78 is 15.3. The van der Waals surface area contributed by atoms with E-state index in [1.165, 1.54) is 11.6 Å². The molecule has 144 valence electrons. The molecule has 0 N–H and O–H groups in total. The van der Waals surface area contributed by atoms with Crippen molar-refractivity contribution in [2.24, 2.45) is 0 Å². The first-order valence-electron chi connectivity index (χ1n) is 9.75. The van der Waals surface area contributed by atoms with Crippen LogP contribution in [0.4, 0.5) is 4.39 Å². The largest absolute Gasteiger partial charge is 0.218 e. The zero-order valence-electron chi connectivity index (χ0n) is 16.1. The van der Waals surface area contributed by atoms with Gasteiger partial charge in [-0.1, -0.05) is 60.9 Å². The first-order valence-corrected chi connectivity index (χ1v) is 10.1. The summed E-state index contributed by atoms with van der Waals surface area (Å²) in [7, 11) is 0. The number of aryl methyl sites for hydroxylation is 2. The molecule has 0 bridgehead atoms. The van der Waals surface area contributed by atoms with Crippen LogP contribution in [-0.4, -0.2) is 14.6 Å². The summed E-state index contributed by atoms with van der Waals surface area (Å²) in [6.07, 6.45) is 8.61. The van der Waals surface area contributed by atoms with Gasteiger partial charge in [0.1, 0.15) is 11.0 Å². The predicted octanol–water partition coefficient (Wildman–Crippen LogP) is 6.60. The molecule has 0 amide bonds. The molecule has 3 aromatic rings. The molecule has 28 heavy (non-hydrogen) atoms. The highest BCUT2D eigenvalue weighted by Crippen LogP contribution is 2.34. The second-order valence-electron chi connectivity index (χ2n) is 7.32. The number of unbranched alkanes of at least 4 members (excludes halogenated alkanes) is 1. The number of rotatable bonds is 5. The fourth-order valence-electron chi connectivity index (χ4n) is 3.67. The Kier molecular flexibility index (Phi) is 5.31. The third-order valence-electron chi connectivity index (χ3n) is 5.20. The summed E-state index contributed by atoms with van der Waals surface area (Å²) in [6, 6.07) is 10.3. The maximum Gasteiger partial charge on any atom is 0.165 e. The molecule has 1 aliphatic rings. The van der Waals surface area contributed by atoms with E-state index in [0.29, 0.717) is 11.6 Å². The molecule has 0 saturated carbocycles. The fourth-order valence-corrected chi connectivity index (χ4v) is 3.86. The van der Waals surface area contributed by atoms with E-state index in [1.807, 2.05) is 16.7 Å². The van der Waals surface area contributed by atoms with Crippen molar-refractivity contribution in [3.8, 4) is 11.1 Å². The molecule has 0 fully saturated rings. The maximum absolute atomic E-state index is 13.4. The summed E-state index contributed by atoms with van der Waals surface area (Å²) in [6.45, 7) is 4.25. The molecule has 0 aliphatic heterocycles. The van der Waals surface area contributed by atoms with Crippen LogP contribution in [0, 0.1) is 6.92 Å². The van der Waals surface area contributed by atoms with Gasteiger partial charge in [0, 0.05) is 11.5 Å². The molecule has 2 aromatic heterocycles. The van der Waals surface area contributed by atoms with Crippen molar-refractivity contribution in [3.63, 3.8) is 0 Å². The van der Waals surface area contributed by atoms with Crippen molar-refractivity contribution in [3.05, 3.63) is 76.5 Å². The number of halogens is 2. The average Bonchev–Trinajstić information content (AvgIpc) is 3.05. The average molecular weight is 396 g/mol. The molecule has 1 aliphatic carbocycles. The highest BCUT2D eigenvalue weighted by Gasteiger charge is 2.22. The number of nitrogens with zero attached hydrogens (tertiary/aromatic N) is 3. The topological polar surface area (TPSA) is 30.2 Å². The van der Waals surface area contributed by atoms with Gasteiger partial charge in [-0.15, -0.1) is 0 Å². The van der Waals surface area contributed by atoms with E-state index >= 15 is 0 Å². The van der Waals surface area contributed by atoms with Gasteiger partial charge in [-0.05, 0) is 50.0 Å². The Labute approximate surface area is 169 Å². The molecule has 1 atom stereocenters. The van der Waals surface area contributed by atoms with Crippen LogP contribution in [0.25, 0.3) is 16.8 Å². The number of allylic oxidation sites excluding steroid dienone is 4. The van der Waals surface area contributed by atoms with Gasteiger partial charge < -0.3 is 0 Å². The lowest BCUT2D eigenvalue weighted by Gasteiger charge is -2.15. The van der Waals surface area contributed by atoms with Crippen LogP contribution < -0.4 is 0 Å². The molecule has 0 radical (unpaired) electrons. The molecular weight excluding hydrogens is 373 g/mol. The van der Waals surface area contributed by atoms with E-state index in [9.17, 15) is 4.39 Å². The summed E-state index contributed by atoms with van der Waals surface area (Å²) >= 11 is 6.40. The van der Waals surface area contributed by atoms with Crippen LogP contribution in [0.3, 0.4) is 0 Å². The van der Waals surface area contributed by atoms with Gasteiger partial charge in [-0.25, -0.2) is 13.9 Å². The van der Waals surface area contributed by atoms with Crippen LogP contribution in [-0.2, 0) is 6.42 Å². The van der Waals surface area contributed by atoms with E-state index in [1.54, 1.807) is 6.08 Å². The zero-order chi connectivity index (χ0) is 19.7. The van der Waals surface area contributed by atoms with Crippen molar-refractivity contribution in [1.82, 2.24) is 14.6 Å². The van der Waals surface area contributed by atoms with Crippen LogP contribution >= 0.6 is 11.6 Å². The van der Waals surface area contributed by atoms with Crippen LogP contribution in [0.2, 0.25) is 5.15 Å². The minimum atomic E-state index is -0.197. The molecular formula is C23H23ClFN3. The molecule has 3 nitrogen and oxygen atoms in total. The lowest BCUT2D eigenvalue weighted by atomic mass is 9.96. The molecule has 1 aromatic carbocycles. The normalized spacial score (nSPS) is 16.6. The first kappa shape index (κ1) is 18.9. The van der Waals surface area contributed by atoms with Gasteiger partial charge in [0.25, 0.3) is 0 Å². The summed E-state index contributed by atoms with van der Waals surface area (Å²) in [5, 5.41) is 5.36. The van der Waals surface area contributed by atoms with Crippen LogP contribution in [0.5, 0.6) is 0 Å². The van der Waals surface area contributed by atoms with Crippen molar-refractivity contribution >= 4 is 17.2 Å². The Balaban J connectivity index is 1.91. The predicted molar refractivity (Wildman–Crippen MR) is 112 cm³/mol. The minimum absolute atomic E-state index is 0.0206. The second kappa shape index (κ2) is 7.88. The summed E-state index contributed by atoms with van der Waals surface area (Å²) in [5.41, 5.74) is 6.08. The van der Waals surface area contributed by atoms with Crippen molar-refractivity contribution in [1.29, 1.82) is 0 Å². The minimum Gasteiger partial charge on any atom is -0.218 e. The van der Waals surface area contributed by atoms with E-state index in [2.05, 4.69) is 43.1 Å². The smallest absolute Gasteiger partial charge is 0.165 e. The zero-order valence-corrected chi connectivity index (χ0v) is 16.9. The van der Waals surface area contributed by atoms with Gasteiger partial charge in [-0.2, -0.15) is 5.10 Å². The van der Waals surface area contributed by atoms with Crippen LogP contribution in [0.1, 0.15) is 49.1 Å². The summed E-state index contributed by atoms with van der Waals surface area (Å²) in [4.78, 5) is 4.63. The van der Waals surface area contributed by atoms with Crippen molar-refractivity contribution < 1.29 is 4.39 Å². The first-order chi connectivity index (χ1) is 13.6. The van der Waals surface area contributed by atoms with E-state index < -0.39 is 0 Å². The third kappa shape index (κ3) is 3.61. The SMILES string of the molecule is CCCCc1nn2c(C3C=CC(F)=CC3)cc(Cl)nc2c1-c1ccc(C)cc1. The lowest BCUT2D eigenvalue weighted by Crippen LogP contribution is -2.07. The Morgan fingerprint density at radius 1 is 1.25 bits per heavy atom. The van der Waals surface area contributed by atoms with Gasteiger partial charge >= 0.3 is 0 Å². The highest BCUT2D eigenvalue weighted by atomic mass is 35.5. The fraction of sp³-hybridized carbons (Fsp3) is 0.304. The van der Waals surface area contributed by atoms with E-state index in [4.69, 9.17) is 16.7 Å². The Hall–Kier alpha value is -2.46. The molecule has 1 unspecified atom stereocenters. The highest BCUT2D eigenvalue weighted by molar-refractivity contribution is 6.29. The quantitative estimate of drug-likeness (QED) is 0.455. The van der Waals surface area contributed by atoms with Crippen LogP contribution in [0.15, 0.2) is 54.4 Å². The van der Waals surface area contributed by atoms with Gasteiger partial charge in [-0.3, -0.25) is 0 Å². The van der Waals surface area contributed by atoms with Gasteiger partial charge in [0.15, 0.2) is 5.65 Å². The number of aromatic nitrogens is 3. The molecule has 5 heteroatoms. The van der Waals surface area contributed by atoms with E-state index in [0.717, 1.165) is 47.4 Å². The van der Waals surface area contributed by atoms with E-state index in [-0.39, 0.29) is 11.7 Å². The molecule has 0 spiro atoms.